The average molecular weight is 356 g/mol. The molecule has 0 amide bonds. The van der Waals surface area contributed by atoms with Crippen LogP contribution in [0.15, 0.2) is 24.3 Å². The Morgan fingerprint density at radius 2 is 1.68 bits per heavy atom. The van der Waals surface area contributed by atoms with E-state index >= 15 is 0 Å². The van der Waals surface area contributed by atoms with Crippen LogP contribution >= 0.6 is 0 Å². The fourth-order valence-electron chi connectivity index (χ4n) is 4.13. The predicted octanol–water partition coefficient (Wildman–Crippen LogP) is 2.27. The number of carbonyl (C=O) groups is 1. The van der Waals surface area contributed by atoms with E-state index < -0.39 is 6.36 Å². The van der Waals surface area contributed by atoms with Gasteiger partial charge < -0.3 is 14.4 Å². The van der Waals surface area contributed by atoms with Crippen LogP contribution in [-0.4, -0.2) is 56.1 Å². The molecule has 0 radical (unpaired) electrons. The van der Waals surface area contributed by atoms with Crippen LogP contribution in [0.5, 0.6) is 5.75 Å². The van der Waals surface area contributed by atoms with Crippen LogP contribution in [0.1, 0.15) is 6.42 Å². The van der Waals surface area contributed by atoms with Crippen LogP contribution in [-0.2, 0) is 9.53 Å². The van der Waals surface area contributed by atoms with Gasteiger partial charge in [-0.1, -0.05) is 0 Å². The largest absolute Gasteiger partial charge is 0.573 e. The second-order valence-electron chi connectivity index (χ2n) is 6.96. The van der Waals surface area contributed by atoms with E-state index in [4.69, 9.17) is 4.74 Å². The lowest BCUT2D eigenvalue weighted by molar-refractivity contribution is -0.274. The van der Waals surface area contributed by atoms with Gasteiger partial charge in [0.1, 0.15) is 12.4 Å². The number of cyclic esters (lactones) is 1. The van der Waals surface area contributed by atoms with Crippen molar-refractivity contribution in [3.05, 3.63) is 24.3 Å². The Kier molecular flexibility index (Phi) is 4.02. The minimum Gasteiger partial charge on any atom is -0.464 e. The first-order valence-corrected chi connectivity index (χ1v) is 8.38. The van der Waals surface area contributed by atoms with Gasteiger partial charge in [-0.05, 0) is 36.1 Å². The van der Waals surface area contributed by atoms with Gasteiger partial charge in [-0.25, -0.2) is 0 Å². The van der Waals surface area contributed by atoms with Gasteiger partial charge in [0.05, 0.1) is 12.5 Å². The number of likely N-dealkylation sites (tertiary alicyclic amines) is 1. The van der Waals surface area contributed by atoms with Crippen molar-refractivity contribution in [3.63, 3.8) is 0 Å². The Morgan fingerprint density at radius 3 is 2.20 bits per heavy atom. The zero-order valence-corrected chi connectivity index (χ0v) is 13.5. The summed E-state index contributed by atoms with van der Waals surface area (Å²) in [4.78, 5) is 15.8. The topological polar surface area (TPSA) is 42.0 Å². The second-order valence-corrected chi connectivity index (χ2v) is 6.96. The van der Waals surface area contributed by atoms with Crippen molar-refractivity contribution < 1.29 is 27.4 Å². The molecule has 1 aromatic rings. The molecule has 0 bridgehead atoms. The van der Waals surface area contributed by atoms with E-state index in [9.17, 15) is 18.0 Å². The maximum atomic E-state index is 12.2. The highest BCUT2D eigenvalue weighted by atomic mass is 19.4. The lowest BCUT2D eigenvalue weighted by atomic mass is 10.0. The Bertz CT molecular complexity index is 636. The summed E-state index contributed by atoms with van der Waals surface area (Å²) in [6.07, 6.45) is -4.19. The van der Waals surface area contributed by atoms with Gasteiger partial charge in [0.25, 0.3) is 0 Å². The molecule has 3 aliphatic heterocycles. The molecule has 0 spiro atoms. The maximum Gasteiger partial charge on any atom is 0.573 e. The van der Waals surface area contributed by atoms with E-state index in [2.05, 4.69) is 14.5 Å². The van der Waals surface area contributed by atoms with Crippen molar-refractivity contribution in [2.45, 2.75) is 18.8 Å². The fraction of sp³-hybridized carbons (Fsp3) is 0.588. The minimum absolute atomic E-state index is 0.121. The number of fused-ring (bicyclic) bond motifs is 1. The van der Waals surface area contributed by atoms with Crippen molar-refractivity contribution in [3.8, 4) is 5.75 Å². The van der Waals surface area contributed by atoms with Crippen LogP contribution in [0.3, 0.4) is 0 Å². The molecule has 3 atom stereocenters. The molecule has 5 nitrogen and oxygen atoms in total. The fourth-order valence-corrected chi connectivity index (χ4v) is 4.13. The van der Waals surface area contributed by atoms with Crippen molar-refractivity contribution >= 4 is 11.7 Å². The third-order valence-electron chi connectivity index (χ3n) is 5.31. The molecule has 3 heterocycles. The molecule has 3 saturated heterocycles. The normalized spacial score (nSPS) is 29.8. The minimum atomic E-state index is -4.67. The summed E-state index contributed by atoms with van der Waals surface area (Å²) in [5, 5.41) is 0. The quantitative estimate of drug-likeness (QED) is 0.778. The number of ether oxygens (including phenoxy) is 2. The Balaban J connectivity index is 1.34. The van der Waals surface area contributed by atoms with E-state index in [0.29, 0.717) is 24.9 Å². The molecule has 3 aliphatic rings. The monoisotopic (exact) mass is 356 g/mol. The maximum absolute atomic E-state index is 12.2. The molecule has 3 unspecified atom stereocenters. The van der Waals surface area contributed by atoms with Crippen LogP contribution in [0.4, 0.5) is 18.9 Å². The zero-order chi connectivity index (χ0) is 17.6. The highest BCUT2D eigenvalue weighted by Gasteiger charge is 2.43. The van der Waals surface area contributed by atoms with Gasteiger partial charge in [0, 0.05) is 31.9 Å². The first-order chi connectivity index (χ1) is 11.9. The second kappa shape index (κ2) is 6.09. The SMILES string of the molecule is O=C1CC(N2CC3CN(c4ccc(OC(F)(F)F)cc4)CC3C2)CO1. The number of carbonyl (C=O) groups excluding carboxylic acids is 1. The number of rotatable bonds is 3. The van der Waals surface area contributed by atoms with Crippen LogP contribution in [0, 0.1) is 11.8 Å². The smallest absolute Gasteiger partial charge is 0.464 e. The average Bonchev–Trinajstić information content (AvgIpc) is 3.20. The number of nitrogens with zero attached hydrogens (tertiary/aromatic N) is 2. The summed E-state index contributed by atoms with van der Waals surface area (Å²) in [6, 6.07) is 6.24. The van der Waals surface area contributed by atoms with E-state index in [-0.39, 0.29) is 17.8 Å². The third-order valence-corrected chi connectivity index (χ3v) is 5.31. The van der Waals surface area contributed by atoms with Gasteiger partial charge in [0.15, 0.2) is 0 Å². The molecule has 1 aromatic carbocycles. The number of halogens is 3. The van der Waals surface area contributed by atoms with Gasteiger partial charge in [-0.15, -0.1) is 13.2 Å². The summed E-state index contributed by atoms with van der Waals surface area (Å²) in [7, 11) is 0. The van der Waals surface area contributed by atoms with E-state index in [1.165, 1.54) is 12.1 Å². The van der Waals surface area contributed by atoms with E-state index in [1.54, 1.807) is 12.1 Å². The summed E-state index contributed by atoms with van der Waals surface area (Å²) >= 11 is 0. The summed E-state index contributed by atoms with van der Waals surface area (Å²) in [6.45, 7) is 4.13. The van der Waals surface area contributed by atoms with Crippen LogP contribution in [0.2, 0.25) is 0 Å². The number of hydrogen-bond acceptors (Lipinski definition) is 5. The molecule has 0 aliphatic carbocycles. The molecule has 8 heteroatoms. The number of esters is 1. The Morgan fingerprint density at radius 1 is 1.04 bits per heavy atom. The van der Waals surface area contributed by atoms with Crippen molar-refractivity contribution in [2.24, 2.45) is 11.8 Å². The highest BCUT2D eigenvalue weighted by molar-refractivity contribution is 5.72. The zero-order valence-electron chi connectivity index (χ0n) is 13.5. The van der Waals surface area contributed by atoms with Crippen molar-refractivity contribution in [1.29, 1.82) is 0 Å². The summed E-state index contributed by atoms with van der Waals surface area (Å²) in [5.74, 6) is 0.709. The first-order valence-electron chi connectivity index (χ1n) is 8.38. The molecule has 3 fully saturated rings. The molecule has 136 valence electrons. The molecule has 0 N–H and O–H groups in total. The number of anilines is 1. The summed E-state index contributed by atoms with van der Waals surface area (Å²) in [5.41, 5.74) is 0.912. The van der Waals surface area contributed by atoms with Gasteiger partial charge in [0.2, 0.25) is 0 Å². The molecule has 0 aromatic heterocycles. The molecular weight excluding hydrogens is 337 g/mol. The molecule has 0 saturated carbocycles. The lowest BCUT2D eigenvalue weighted by Crippen LogP contribution is -2.36. The predicted molar refractivity (Wildman–Crippen MR) is 83.3 cm³/mol. The van der Waals surface area contributed by atoms with Gasteiger partial charge in [-0.2, -0.15) is 0 Å². The number of benzene rings is 1. The Labute approximate surface area is 143 Å². The van der Waals surface area contributed by atoms with Gasteiger partial charge >= 0.3 is 12.3 Å². The summed E-state index contributed by atoms with van der Waals surface area (Å²) < 4.78 is 45.6. The standard InChI is InChI=1S/C17H19F3N2O3/c18-17(19,20)25-15-3-1-13(2-4-15)21-6-11-8-22(9-12(11)7-21)14-5-16(23)24-10-14/h1-4,11-12,14H,5-10H2. The molecular formula is C17H19F3N2O3. The number of hydrogen-bond donors (Lipinski definition) is 0. The van der Waals surface area contributed by atoms with Gasteiger partial charge in [-0.3, -0.25) is 9.69 Å². The van der Waals surface area contributed by atoms with Crippen molar-refractivity contribution in [2.75, 3.05) is 37.7 Å². The number of alkyl halides is 3. The van der Waals surface area contributed by atoms with Crippen molar-refractivity contribution in [1.82, 2.24) is 4.90 Å². The third kappa shape index (κ3) is 3.53. The van der Waals surface area contributed by atoms with E-state index in [0.717, 1.165) is 31.9 Å². The first kappa shape index (κ1) is 16.5. The van der Waals surface area contributed by atoms with E-state index in [1.807, 2.05) is 0 Å². The van der Waals surface area contributed by atoms with Crippen LogP contribution < -0.4 is 9.64 Å². The molecule has 4 rings (SSSR count). The lowest BCUT2D eigenvalue weighted by Gasteiger charge is -2.25. The molecule has 25 heavy (non-hydrogen) atoms. The highest BCUT2D eigenvalue weighted by Crippen LogP contribution is 2.36. The Hall–Kier alpha value is -1.96. The van der Waals surface area contributed by atoms with Crippen LogP contribution in [0.25, 0.3) is 0 Å².